The lowest BCUT2D eigenvalue weighted by Gasteiger charge is -2.21. The van der Waals surface area contributed by atoms with Gasteiger partial charge < -0.3 is 0 Å². The Kier molecular flexibility index (Phi) is 13.6. The van der Waals surface area contributed by atoms with Crippen LogP contribution in [0.5, 0.6) is 0 Å². The third-order valence-electron chi connectivity index (χ3n) is 3.33. The molecule has 0 aliphatic heterocycles. The molecule has 0 N–H and O–H groups in total. The average Bonchev–Trinajstić information content (AvgIpc) is 2.35. The highest BCUT2D eigenvalue weighted by Gasteiger charge is 2.29. The van der Waals surface area contributed by atoms with E-state index in [0.717, 1.165) is 16.8 Å². The highest BCUT2D eigenvalue weighted by atomic mass is 35.6. The summed E-state index contributed by atoms with van der Waals surface area (Å²) in [4.78, 5) is 0. The quantitative estimate of drug-likeness (QED) is 0.144. The highest BCUT2D eigenvalue weighted by Crippen LogP contribution is 2.35. The van der Waals surface area contributed by atoms with Gasteiger partial charge in [0, 0.05) is 0 Å². The van der Waals surface area contributed by atoms with Crippen molar-refractivity contribution in [3.05, 3.63) is 0 Å². The fraction of sp³-hybridized carbons (Fsp3) is 1.00. The van der Waals surface area contributed by atoms with Crippen LogP contribution in [0.15, 0.2) is 0 Å². The Labute approximate surface area is 139 Å². The summed E-state index contributed by atoms with van der Waals surface area (Å²) >= 11 is 22.9. The number of rotatable bonds is 13. The second-order valence-electron chi connectivity index (χ2n) is 5.18. The van der Waals surface area contributed by atoms with E-state index in [1.807, 2.05) is 0 Å². The van der Waals surface area contributed by atoms with E-state index in [1.165, 1.54) is 57.8 Å². The first kappa shape index (κ1) is 20.1. The molecule has 0 aromatic carbocycles. The van der Waals surface area contributed by atoms with Crippen LogP contribution in [0.3, 0.4) is 0 Å². The first-order valence-electron chi connectivity index (χ1n) is 7.50. The number of unbranched alkanes of at least 4 members (excludes halogenated alkanes) is 10. The maximum Gasteiger partial charge on any atom is 0.198 e. The van der Waals surface area contributed by atoms with E-state index in [0.29, 0.717) is 6.42 Å². The highest BCUT2D eigenvalue weighted by molar-refractivity contribution is 6.53. The van der Waals surface area contributed by atoms with Crippen molar-refractivity contribution in [2.45, 2.75) is 88.4 Å². The lowest BCUT2D eigenvalue weighted by atomic mass is 10.1. The van der Waals surface area contributed by atoms with Crippen LogP contribution in [0.2, 0.25) is 0 Å². The van der Waals surface area contributed by atoms with E-state index >= 15 is 0 Å². The molecule has 19 heavy (non-hydrogen) atoms. The van der Waals surface area contributed by atoms with Crippen molar-refractivity contribution in [3.8, 4) is 0 Å². The molecule has 116 valence electrons. The number of halogens is 4. The van der Waals surface area contributed by atoms with Crippen LogP contribution < -0.4 is 0 Å². The van der Waals surface area contributed by atoms with Crippen LogP contribution in [0.25, 0.3) is 0 Å². The average molecular weight is 351 g/mol. The lowest BCUT2D eigenvalue weighted by molar-refractivity contribution is 0.483. The molecule has 0 aliphatic carbocycles. The van der Waals surface area contributed by atoms with Gasteiger partial charge in [-0.05, 0) is 36.4 Å². The molecule has 0 aromatic rings. The van der Waals surface area contributed by atoms with Gasteiger partial charge in [0.2, 0.25) is 0 Å². The third-order valence-corrected chi connectivity index (χ3v) is 4.97. The summed E-state index contributed by atoms with van der Waals surface area (Å²) in [7, 11) is 0. The normalized spacial score (nSPS) is 12.3. The number of nitrogens with zero attached hydrogens (tertiary/aromatic N) is 1. The number of alkyl halides is 2. The van der Waals surface area contributed by atoms with Gasteiger partial charge in [0.25, 0.3) is 0 Å². The summed E-state index contributed by atoms with van der Waals surface area (Å²) in [5.41, 5.74) is 0. The van der Waals surface area contributed by atoms with E-state index in [2.05, 4.69) is 6.92 Å². The van der Waals surface area contributed by atoms with Crippen molar-refractivity contribution in [1.82, 2.24) is 3.94 Å². The fourth-order valence-electron chi connectivity index (χ4n) is 2.09. The van der Waals surface area contributed by atoms with Gasteiger partial charge in [-0.3, -0.25) is 0 Å². The SMILES string of the molecule is CCCCCCCCCCCCCC(Cl)(Cl)N(Cl)Cl. The lowest BCUT2D eigenvalue weighted by Crippen LogP contribution is -2.24. The van der Waals surface area contributed by atoms with Crippen LogP contribution in [-0.4, -0.2) is 8.40 Å². The van der Waals surface area contributed by atoms with Crippen molar-refractivity contribution in [2.24, 2.45) is 0 Å². The molecule has 0 radical (unpaired) electrons. The summed E-state index contributed by atoms with van der Waals surface area (Å²) in [6, 6.07) is 0. The van der Waals surface area contributed by atoms with E-state index in [4.69, 9.17) is 46.8 Å². The molecule has 0 fully saturated rings. The largest absolute Gasteiger partial charge is 0.198 e. The zero-order valence-electron chi connectivity index (χ0n) is 11.9. The Balaban J connectivity index is 3.19. The molecule has 0 heterocycles. The molecule has 0 rings (SSSR count). The van der Waals surface area contributed by atoms with Crippen LogP contribution in [0, 0.1) is 0 Å². The first-order valence-corrected chi connectivity index (χ1v) is 8.93. The Bertz CT molecular complexity index is 198. The zero-order chi connectivity index (χ0) is 14.6. The van der Waals surface area contributed by atoms with E-state index < -0.39 is 4.46 Å². The summed E-state index contributed by atoms with van der Waals surface area (Å²) in [5.74, 6) is 0. The van der Waals surface area contributed by atoms with Gasteiger partial charge >= 0.3 is 0 Å². The summed E-state index contributed by atoms with van der Waals surface area (Å²) in [5, 5.41) is 0. The molecule has 0 atom stereocenters. The Morgan fingerprint density at radius 2 is 1.05 bits per heavy atom. The number of hydrogen-bond donors (Lipinski definition) is 0. The number of hydrogen-bond acceptors (Lipinski definition) is 1. The monoisotopic (exact) mass is 349 g/mol. The topological polar surface area (TPSA) is 3.24 Å². The van der Waals surface area contributed by atoms with E-state index in [1.54, 1.807) is 0 Å². The molecule has 0 spiro atoms. The molecule has 0 unspecified atom stereocenters. The Morgan fingerprint density at radius 3 is 1.42 bits per heavy atom. The van der Waals surface area contributed by atoms with Gasteiger partial charge in [-0.15, -0.1) is 0 Å². The predicted molar refractivity (Wildman–Crippen MR) is 89.1 cm³/mol. The van der Waals surface area contributed by atoms with Gasteiger partial charge in [0.1, 0.15) is 0 Å². The summed E-state index contributed by atoms with van der Waals surface area (Å²) in [6.45, 7) is 2.25. The molecule has 0 saturated carbocycles. The summed E-state index contributed by atoms with van der Waals surface area (Å²) < 4.78 is -0.325. The first-order chi connectivity index (χ1) is 9.00. The molecule has 0 aliphatic rings. The van der Waals surface area contributed by atoms with Gasteiger partial charge in [-0.2, -0.15) is 0 Å². The van der Waals surface area contributed by atoms with Crippen molar-refractivity contribution < 1.29 is 0 Å². The Hall–Kier alpha value is 1.12. The van der Waals surface area contributed by atoms with Gasteiger partial charge in [0.05, 0.1) is 0 Å². The molecular weight excluding hydrogens is 324 g/mol. The molecular formula is C14H27Cl4N. The van der Waals surface area contributed by atoms with Crippen LogP contribution in [-0.2, 0) is 0 Å². The minimum absolute atomic E-state index is 0.597. The predicted octanol–water partition coefficient (Wildman–Crippen LogP) is 7.43. The standard InChI is InChI=1S/C14H27Cl4N/c1-2-3-4-5-6-7-8-9-10-11-12-13-14(15,16)19(17)18/h2-13H2,1H3. The second-order valence-corrected chi connectivity index (χ2v) is 7.48. The van der Waals surface area contributed by atoms with Crippen molar-refractivity contribution in [2.75, 3.05) is 0 Å². The minimum Gasteiger partial charge on any atom is -0.0953 e. The molecule has 5 heteroatoms. The van der Waals surface area contributed by atoms with Crippen LogP contribution >= 0.6 is 46.8 Å². The third kappa shape index (κ3) is 12.6. The van der Waals surface area contributed by atoms with E-state index in [9.17, 15) is 0 Å². The molecule has 0 amide bonds. The maximum atomic E-state index is 5.92. The van der Waals surface area contributed by atoms with Gasteiger partial charge in [0.15, 0.2) is 4.46 Å². The van der Waals surface area contributed by atoms with Crippen molar-refractivity contribution >= 4 is 46.8 Å². The molecule has 0 aromatic heterocycles. The smallest absolute Gasteiger partial charge is 0.0953 e. The zero-order valence-corrected chi connectivity index (χ0v) is 15.0. The second kappa shape index (κ2) is 12.8. The van der Waals surface area contributed by atoms with Gasteiger partial charge in [-0.25, -0.2) is 0 Å². The Morgan fingerprint density at radius 1 is 0.684 bits per heavy atom. The molecule has 1 nitrogen and oxygen atoms in total. The minimum atomic E-state index is -1.15. The van der Waals surface area contributed by atoms with Crippen LogP contribution in [0.4, 0.5) is 0 Å². The molecule has 0 saturated heterocycles. The van der Waals surface area contributed by atoms with Crippen LogP contribution in [0.1, 0.15) is 84.0 Å². The van der Waals surface area contributed by atoms with E-state index in [-0.39, 0.29) is 0 Å². The van der Waals surface area contributed by atoms with Crippen molar-refractivity contribution in [1.29, 1.82) is 0 Å². The fourth-order valence-corrected chi connectivity index (χ4v) is 2.52. The van der Waals surface area contributed by atoms with Gasteiger partial charge in [-0.1, -0.05) is 98.3 Å². The summed E-state index contributed by atoms with van der Waals surface area (Å²) in [6.07, 6.45) is 14.8. The maximum absolute atomic E-state index is 5.92. The van der Waals surface area contributed by atoms with Crippen molar-refractivity contribution in [3.63, 3.8) is 0 Å². The molecule has 0 bridgehead atoms.